The third-order valence-electron chi connectivity index (χ3n) is 4.27. The maximum absolute atomic E-state index is 4.52. The SMILES string of the molecule is Cc1nccc(CN2C[C@@H]3CCCN3C[C@H]2C)n1. The van der Waals surface area contributed by atoms with Gasteiger partial charge in [-0.1, -0.05) is 0 Å². The second kappa shape index (κ2) is 4.94. The summed E-state index contributed by atoms with van der Waals surface area (Å²) in [5.41, 5.74) is 1.15. The summed E-state index contributed by atoms with van der Waals surface area (Å²) in [6, 6.07) is 3.46. The summed E-state index contributed by atoms with van der Waals surface area (Å²) >= 11 is 0. The van der Waals surface area contributed by atoms with Crippen molar-refractivity contribution in [2.24, 2.45) is 0 Å². The second-order valence-electron chi connectivity index (χ2n) is 5.66. The quantitative estimate of drug-likeness (QED) is 0.790. The molecule has 1 aromatic rings. The van der Waals surface area contributed by atoms with Gasteiger partial charge in [-0.05, 0) is 39.3 Å². The number of hydrogen-bond acceptors (Lipinski definition) is 4. The van der Waals surface area contributed by atoms with Crippen molar-refractivity contribution >= 4 is 0 Å². The van der Waals surface area contributed by atoms with Crippen LogP contribution in [0.5, 0.6) is 0 Å². The number of rotatable bonds is 2. The molecule has 0 saturated carbocycles. The Morgan fingerprint density at radius 2 is 2.28 bits per heavy atom. The summed E-state index contributed by atoms with van der Waals surface area (Å²) in [4.78, 5) is 13.9. The van der Waals surface area contributed by atoms with Gasteiger partial charge in [0.1, 0.15) is 5.82 Å². The van der Waals surface area contributed by atoms with Crippen molar-refractivity contribution in [3.63, 3.8) is 0 Å². The molecular formula is C14H22N4. The predicted octanol–water partition coefficient (Wildman–Crippen LogP) is 1.45. The Balaban J connectivity index is 1.68. The van der Waals surface area contributed by atoms with Gasteiger partial charge in [-0.25, -0.2) is 9.97 Å². The number of fused-ring (bicyclic) bond motifs is 1. The van der Waals surface area contributed by atoms with Crippen LogP contribution < -0.4 is 0 Å². The average Bonchev–Trinajstić information content (AvgIpc) is 2.76. The van der Waals surface area contributed by atoms with Gasteiger partial charge < -0.3 is 0 Å². The topological polar surface area (TPSA) is 32.3 Å². The third kappa shape index (κ3) is 2.40. The van der Waals surface area contributed by atoms with Crippen LogP contribution in [0.3, 0.4) is 0 Å². The fourth-order valence-corrected chi connectivity index (χ4v) is 3.27. The molecule has 98 valence electrons. The van der Waals surface area contributed by atoms with E-state index in [1.54, 1.807) is 0 Å². The highest BCUT2D eigenvalue weighted by Crippen LogP contribution is 2.25. The van der Waals surface area contributed by atoms with E-state index in [1.807, 2.05) is 19.2 Å². The zero-order chi connectivity index (χ0) is 12.5. The minimum Gasteiger partial charge on any atom is -0.298 e. The Kier molecular flexibility index (Phi) is 3.31. The molecule has 3 heterocycles. The van der Waals surface area contributed by atoms with Gasteiger partial charge in [0.15, 0.2) is 0 Å². The largest absolute Gasteiger partial charge is 0.298 e. The average molecular weight is 246 g/mol. The molecule has 2 aliphatic rings. The lowest BCUT2D eigenvalue weighted by molar-refractivity contribution is 0.0531. The molecule has 0 aromatic carbocycles. The van der Waals surface area contributed by atoms with Crippen molar-refractivity contribution in [1.82, 2.24) is 19.8 Å². The Morgan fingerprint density at radius 3 is 3.11 bits per heavy atom. The molecule has 0 aliphatic carbocycles. The molecule has 0 bridgehead atoms. The first-order valence-corrected chi connectivity index (χ1v) is 6.99. The smallest absolute Gasteiger partial charge is 0.125 e. The molecule has 0 N–H and O–H groups in total. The highest BCUT2D eigenvalue weighted by molar-refractivity contribution is 5.03. The molecule has 4 nitrogen and oxygen atoms in total. The van der Waals surface area contributed by atoms with Crippen LogP contribution in [0.15, 0.2) is 12.3 Å². The van der Waals surface area contributed by atoms with E-state index in [0.717, 1.165) is 24.1 Å². The van der Waals surface area contributed by atoms with Crippen LogP contribution in [0.1, 0.15) is 31.3 Å². The Bertz CT molecular complexity index is 420. The van der Waals surface area contributed by atoms with Gasteiger partial charge in [0, 0.05) is 37.9 Å². The van der Waals surface area contributed by atoms with Crippen molar-refractivity contribution < 1.29 is 0 Å². The van der Waals surface area contributed by atoms with Crippen LogP contribution in [-0.4, -0.2) is 51.5 Å². The lowest BCUT2D eigenvalue weighted by Gasteiger charge is -2.42. The van der Waals surface area contributed by atoms with Crippen molar-refractivity contribution in [2.75, 3.05) is 19.6 Å². The van der Waals surface area contributed by atoms with Crippen LogP contribution in [0, 0.1) is 6.92 Å². The van der Waals surface area contributed by atoms with E-state index in [2.05, 4.69) is 26.7 Å². The van der Waals surface area contributed by atoms with E-state index in [-0.39, 0.29) is 0 Å². The molecule has 0 unspecified atom stereocenters. The highest BCUT2D eigenvalue weighted by atomic mass is 15.3. The van der Waals surface area contributed by atoms with Gasteiger partial charge >= 0.3 is 0 Å². The molecule has 2 atom stereocenters. The minimum absolute atomic E-state index is 0.634. The van der Waals surface area contributed by atoms with Crippen molar-refractivity contribution in [3.05, 3.63) is 23.8 Å². The zero-order valence-electron chi connectivity index (χ0n) is 11.3. The van der Waals surface area contributed by atoms with Crippen LogP contribution in [0.25, 0.3) is 0 Å². The van der Waals surface area contributed by atoms with Gasteiger partial charge in [0.2, 0.25) is 0 Å². The molecule has 1 aromatic heterocycles. The molecule has 2 aliphatic heterocycles. The Hall–Kier alpha value is -1.00. The van der Waals surface area contributed by atoms with E-state index in [9.17, 15) is 0 Å². The fraction of sp³-hybridized carbons (Fsp3) is 0.714. The van der Waals surface area contributed by atoms with Gasteiger partial charge in [0.25, 0.3) is 0 Å². The van der Waals surface area contributed by atoms with Gasteiger partial charge in [0.05, 0.1) is 5.69 Å². The first kappa shape index (κ1) is 12.1. The first-order chi connectivity index (χ1) is 8.72. The molecule has 0 radical (unpaired) electrons. The molecule has 2 fully saturated rings. The monoisotopic (exact) mass is 246 g/mol. The van der Waals surface area contributed by atoms with Crippen LogP contribution in [-0.2, 0) is 6.54 Å². The summed E-state index contributed by atoms with van der Waals surface area (Å²) in [6.07, 6.45) is 4.61. The van der Waals surface area contributed by atoms with Crippen molar-refractivity contribution in [3.8, 4) is 0 Å². The van der Waals surface area contributed by atoms with Crippen LogP contribution >= 0.6 is 0 Å². The summed E-state index contributed by atoms with van der Waals surface area (Å²) in [6.45, 7) is 8.98. The first-order valence-electron chi connectivity index (χ1n) is 6.99. The van der Waals surface area contributed by atoms with E-state index >= 15 is 0 Å². The molecule has 0 amide bonds. The molecular weight excluding hydrogens is 224 g/mol. The summed E-state index contributed by atoms with van der Waals surface area (Å²) < 4.78 is 0. The van der Waals surface area contributed by atoms with Gasteiger partial charge in [-0.3, -0.25) is 9.80 Å². The normalized spacial score (nSPS) is 29.4. The van der Waals surface area contributed by atoms with Crippen molar-refractivity contribution in [2.45, 2.75) is 45.3 Å². The number of hydrogen-bond donors (Lipinski definition) is 0. The second-order valence-corrected chi connectivity index (χ2v) is 5.66. The Morgan fingerprint density at radius 1 is 1.39 bits per heavy atom. The summed E-state index contributed by atoms with van der Waals surface area (Å²) in [5, 5.41) is 0. The molecule has 4 heteroatoms. The van der Waals surface area contributed by atoms with E-state index < -0.39 is 0 Å². The predicted molar refractivity (Wildman–Crippen MR) is 71.2 cm³/mol. The Labute approximate surface area is 109 Å². The highest BCUT2D eigenvalue weighted by Gasteiger charge is 2.34. The van der Waals surface area contributed by atoms with E-state index in [4.69, 9.17) is 0 Å². The number of nitrogens with zero attached hydrogens (tertiary/aromatic N) is 4. The zero-order valence-corrected chi connectivity index (χ0v) is 11.3. The number of aryl methyl sites for hydroxylation is 1. The fourth-order valence-electron chi connectivity index (χ4n) is 3.27. The van der Waals surface area contributed by atoms with E-state index in [0.29, 0.717) is 6.04 Å². The minimum atomic E-state index is 0.634. The summed E-state index contributed by atoms with van der Waals surface area (Å²) in [5.74, 6) is 0.875. The van der Waals surface area contributed by atoms with Gasteiger partial charge in [-0.15, -0.1) is 0 Å². The molecule has 18 heavy (non-hydrogen) atoms. The van der Waals surface area contributed by atoms with E-state index in [1.165, 1.54) is 32.5 Å². The molecule has 2 saturated heterocycles. The van der Waals surface area contributed by atoms with Crippen LogP contribution in [0.4, 0.5) is 0 Å². The lowest BCUT2D eigenvalue weighted by atomic mass is 10.1. The molecule has 0 spiro atoms. The molecule has 3 rings (SSSR count). The standard InChI is InChI=1S/C14H22N4/c1-11-8-17-7-3-4-14(17)10-18(11)9-13-5-6-15-12(2)16-13/h5-6,11,14H,3-4,7-10H2,1-2H3/t11-,14+/m1/s1. The number of piperazine rings is 1. The van der Waals surface area contributed by atoms with Gasteiger partial charge in [-0.2, -0.15) is 0 Å². The summed E-state index contributed by atoms with van der Waals surface area (Å²) in [7, 11) is 0. The lowest BCUT2D eigenvalue weighted by Crippen LogP contribution is -2.54. The third-order valence-corrected chi connectivity index (χ3v) is 4.27. The van der Waals surface area contributed by atoms with Crippen LogP contribution in [0.2, 0.25) is 0 Å². The van der Waals surface area contributed by atoms with Crippen molar-refractivity contribution in [1.29, 1.82) is 0 Å². The maximum atomic E-state index is 4.52. The maximum Gasteiger partial charge on any atom is 0.125 e. The number of aromatic nitrogens is 2.